The Morgan fingerprint density at radius 1 is 1.33 bits per heavy atom. The van der Waals surface area contributed by atoms with Gasteiger partial charge in [-0.05, 0) is 12.1 Å². The highest BCUT2D eigenvalue weighted by Crippen LogP contribution is 2.22. The molecule has 0 aliphatic rings. The van der Waals surface area contributed by atoms with Crippen LogP contribution in [-0.2, 0) is 9.53 Å². The second-order valence-electron chi connectivity index (χ2n) is 4.30. The van der Waals surface area contributed by atoms with Crippen LogP contribution in [0.1, 0.15) is 12.0 Å². The summed E-state index contributed by atoms with van der Waals surface area (Å²) in [5.74, 6) is 0.654. The molecule has 21 heavy (non-hydrogen) atoms. The SMILES string of the molecule is COCCNC(=O)CCNc1cc(OC)ccc1C(N)=S. The molecule has 0 bridgehead atoms. The fraction of sp³-hybridized carbons (Fsp3) is 0.429. The fourth-order valence-electron chi connectivity index (χ4n) is 1.70. The van der Waals surface area contributed by atoms with Gasteiger partial charge in [0.05, 0.1) is 13.7 Å². The Kier molecular flexibility index (Phi) is 7.49. The minimum absolute atomic E-state index is 0.0423. The molecule has 1 aromatic rings. The lowest BCUT2D eigenvalue weighted by Gasteiger charge is -2.13. The normalized spacial score (nSPS) is 10.0. The molecule has 6 nitrogen and oxygen atoms in total. The molecule has 0 saturated heterocycles. The minimum atomic E-state index is -0.0423. The Morgan fingerprint density at radius 3 is 2.71 bits per heavy atom. The average Bonchev–Trinajstić information content (AvgIpc) is 2.47. The van der Waals surface area contributed by atoms with E-state index in [1.54, 1.807) is 32.4 Å². The van der Waals surface area contributed by atoms with Gasteiger partial charge in [-0.1, -0.05) is 12.2 Å². The summed E-state index contributed by atoms with van der Waals surface area (Å²) >= 11 is 5.01. The number of methoxy groups -OCH3 is 2. The summed E-state index contributed by atoms with van der Waals surface area (Å²) in [5.41, 5.74) is 7.16. The second-order valence-corrected chi connectivity index (χ2v) is 4.74. The van der Waals surface area contributed by atoms with Crippen LogP contribution >= 0.6 is 12.2 Å². The zero-order chi connectivity index (χ0) is 15.7. The molecular formula is C14H21N3O3S. The molecule has 0 aliphatic heterocycles. The van der Waals surface area contributed by atoms with Crippen molar-refractivity contribution in [2.24, 2.45) is 5.73 Å². The number of hydrogen-bond donors (Lipinski definition) is 3. The Morgan fingerprint density at radius 2 is 2.10 bits per heavy atom. The van der Waals surface area contributed by atoms with Crippen LogP contribution in [0.2, 0.25) is 0 Å². The second kappa shape index (κ2) is 9.15. The monoisotopic (exact) mass is 311 g/mol. The lowest BCUT2D eigenvalue weighted by atomic mass is 10.1. The molecule has 0 spiro atoms. The fourth-order valence-corrected chi connectivity index (χ4v) is 1.88. The number of nitrogens with two attached hydrogens (primary N) is 1. The minimum Gasteiger partial charge on any atom is -0.497 e. The van der Waals surface area contributed by atoms with Crippen LogP contribution < -0.4 is 21.1 Å². The molecule has 0 saturated carbocycles. The lowest BCUT2D eigenvalue weighted by molar-refractivity contribution is -0.121. The number of benzene rings is 1. The molecule has 0 aliphatic carbocycles. The average molecular weight is 311 g/mol. The van der Waals surface area contributed by atoms with Crippen LogP contribution in [0.25, 0.3) is 0 Å². The molecule has 0 fully saturated rings. The van der Waals surface area contributed by atoms with E-state index in [0.717, 1.165) is 11.3 Å². The van der Waals surface area contributed by atoms with Crippen molar-refractivity contribution in [3.63, 3.8) is 0 Å². The van der Waals surface area contributed by atoms with Gasteiger partial charge in [0, 0.05) is 43.9 Å². The molecule has 0 atom stereocenters. The Hall–Kier alpha value is -1.86. The predicted molar refractivity (Wildman–Crippen MR) is 86.9 cm³/mol. The van der Waals surface area contributed by atoms with Crippen molar-refractivity contribution in [3.8, 4) is 5.75 Å². The third-order valence-electron chi connectivity index (χ3n) is 2.79. The number of nitrogens with one attached hydrogen (secondary N) is 2. The van der Waals surface area contributed by atoms with Gasteiger partial charge in [-0.2, -0.15) is 0 Å². The van der Waals surface area contributed by atoms with Crippen molar-refractivity contribution in [3.05, 3.63) is 23.8 Å². The van der Waals surface area contributed by atoms with Crippen molar-refractivity contribution < 1.29 is 14.3 Å². The van der Waals surface area contributed by atoms with Crippen molar-refractivity contribution in [1.29, 1.82) is 0 Å². The van der Waals surface area contributed by atoms with Gasteiger partial charge in [-0.3, -0.25) is 4.79 Å². The highest BCUT2D eigenvalue weighted by Gasteiger charge is 2.07. The number of hydrogen-bond acceptors (Lipinski definition) is 5. The van der Waals surface area contributed by atoms with Crippen LogP contribution in [0, 0.1) is 0 Å². The molecule has 1 aromatic carbocycles. The van der Waals surface area contributed by atoms with Crippen molar-refractivity contribution in [2.45, 2.75) is 6.42 Å². The highest BCUT2D eigenvalue weighted by molar-refractivity contribution is 7.80. The maximum Gasteiger partial charge on any atom is 0.221 e. The molecule has 4 N–H and O–H groups in total. The van der Waals surface area contributed by atoms with Gasteiger partial charge < -0.3 is 25.8 Å². The number of ether oxygens (including phenoxy) is 2. The standard InChI is InChI=1S/C14H21N3O3S/c1-19-8-7-17-13(18)5-6-16-12-9-10(20-2)3-4-11(12)14(15)21/h3-4,9,16H,5-8H2,1-2H3,(H2,15,21)(H,17,18). The number of carbonyl (C=O) groups excluding carboxylic acids is 1. The van der Waals surface area contributed by atoms with Crippen LogP contribution in [-0.4, -0.2) is 44.8 Å². The third kappa shape index (κ3) is 5.97. The maximum atomic E-state index is 11.6. The zero-order valence-corrected chi connectivity index (χ0v) is 13.1. The van der Waals surface area contributed by atoms with E-state index in [2.05, 4.69) is 10.6 Å². The van der Waals surface area contributed by atoms with E-state index in [9.17, 15) is 4.79 Å². The van der Waals surface area contributed by atoms with Crippen LogP contribution in [0.5, 0.6) is 5.75 Å². The first-order valence-electron chi connectivity index (χ1n) is 6.55. The number of amides is 1. The number of rotatable bonds is 9. The predicted octanol–water partition coefficient (Wildman–Crippen LogP) is 0.894. The van der Waals surface area contributed by atoms with E-state index in [1.807, 2.05) is 0 Å². The van der Waals surface area contributed by atoms with Crippen molar-refractivity contribution >= 4 is 28.8 Å². The molecule has 0 unspecified atom stereocenters. The lowest BCUT2D eigenvalue weighted by Crippen LogP contribution is -2.28. The smallest absolute Gasteiger partial charge is 0.221 e. The molecule has 1 amide bonds. The Labute approximate surface area is 130 Å². The van der Waals surface area contributed by atoms with Gasteiger partial charge in [0.15, 0.2) is 0 Å². The highest BCUT2D eigenvalue weighted by atomic mass is 32.1. The number of anilines is 1. The van der Waals surface area contributed by atoms with E-state index in [1.165, 1.54) is 0 Å². The molecule has 1 rings (SSSR count). The van der Waals surface area contributed by atoms with Gasteiger partial charge in [-0.15, -0.1) is 0 Å². The van der Waals surface area contributed by atoms with Gasteiger partial charge in [0.1, 0.15) is 10.7 Å². The third-order valence-corrected chi connectivity index (χ3v) is 3.01. The molecule has 0 radical (unpaired) electrons. The summed E-state index contributed by atoms with van der Waals surface area (Å²) in [5, 5.41) is 5.90. The van der Waals surface area contributed by atoms with E-state index in [4.69, 9.17) is 27.4 Å². The largest absolute Gasteiger partial charge is 0.497 e. The van der Waals surface area contributed by atoms with Crippen LogP contribution in [0.3, 0.4) is 0 Å². The summed E-state index contributed by atoms with van der Waals surface area (Å²) in [6.07, 6.45) is 0.345. The zero-order valence-electron chi connectivity index (χ0n) is 12.3. The molecular weight excluding hydrogens is 290 g/mol. The summed E-state index contributed by atoms with van der Waals surface area (Å²) in [6.45, 7) is 1.48. The summed E-state index contributed by atoms with van der Waals surface area (Å²) in [4.78, 5) is 11.9. The maximum absolute atomic E-state index is 11.6. The van der Waals surface area contributed by atoms with E-state index in [0.29, 0.717) is 36.9 Å². The van der Waals surface area contributed by atoms with Gasteiger partial charge in [0.2, 0.25) is 5.91 Å². The summed E-state index contributed by atoms with van der Waals surface area (Å²) in [7, 11) is 3.18. The van der Waals surface area contributed by atoms with E-state index < -0.39 is 0 Å². The van der Waals surface area contributed by atoms with Gasteiger partial charge >= 0.3 is 0 Å². The quantitative estimate of drug-likeness (QED) is 0.464. The number of carbonyl (C=O) groups is 1. The van der Waals surface area contributed by atoms with E-state index >= 15 is 0 Å². The van der Waals surface area contributed by atoms with Gasteiger partial charge in [0.25, 0.3) is 0 Å². The Bertz CT molecular complexity index is 494. The van der Waals surface area contributed by atoms with Crippen LogP contribution in [0.4, 0.5) is 5.69 Å². The van der Waals surface area contributed by atoms with Crippen LogP contribution in [0.15, 0.2) is 18.2 Å². The summed E-state index contributed by atoms with van der Waals surface area (Å²) in [6, 6.07) is 5.39. The summed E-state index contributed by atoms with van der Waals surface area (Å²) < 4.78 is 10.0. The number of thiocarbonyl (C=S) groups is 1. The first-order valence-corrected chi connectivity index (χ1v) is 6.96. The first kappa shape index (κ1) is 17.2. The van der Waals surface area contributed by atoms with E-state index in [-0.39, 0.29) is 5.91 Å². The molecule has 116 valence electrons. The van der Waals surface area contributed by atoms with Crippen molar-refractivity contribution in [1.82, 2.24) is 5.32 Å². The molecule has 7 heteroatoms. The van der Waals surface area contributed by atoms with Crippen molar-refractivity contribution in [2.75, 3.05) is 39.2 Å². The first-order chi connectivity index (χ1) is 10.1. The molecule has 0 heterocycles. The topological polar surface area (TPSA) is 85.6 Å². The Balaban J connectivity index is 2.54. The van der Waals surface area contributed by atoms with Gasteiger partial charge in [-0.25, -0.2) is 0 Å². The molecule has 0 aromatic heterocycles.